The number of thiocarbonyl (C=S) groups is 1. The van der Waals surface area contributed by atoms with E-state index in [2.05, 4.69) is 17.0 Å². The van der Waals surface area contributed by atoms with E-state index in [9.17, 15) is 0 Å². The topological polar surface area (TPSA) is 3.24 Å². The van der Waals surface area contributed by atoms with Crippen molar-refractivity contribution in [2.24, 2.45) is 0 Å². The lowest BCUT2D eigenvalue weighted by atomic mass is 10.1. The van der Waals surface area contributed by atoms with Crippen molar-refractivity contribution in [2.75, 3.05) is 13.1 Å². The van der Waals surface area contributed by atoms with Crippen LogP contribution in [0.2, 0.25) is 5.02 Å². The van der Waals surface area contributed by atoms with E-state index in [4.69, 9.17) is 23.8 Å². The lowest BCUT2D eigenvalue weighted by molar-refractivity contribution is 0.343. The van der Waals surface area contributed by atoms with Crippen LogP contribution in [-0.4, -0.2) is 23.0 Å². The highest BCUT2D eigenvalue weighted by Crippen LogP contribution is 2.14. The van der Waals surface area contributed by atoms with E-state index in [1.807, 2.05) is 12.1 Å². The first kappa shape index (κ1) is 11.9. The quantitative estimate of drug-likeness (QED) is 0.740. The summed E-state index contributed by atoms with van der Waals surface area (Å²) in [6.45, 7) is 2.26. The van der Waals surface area contributed by atoms with Crippen molar-refractivity contribution >= 4 is 28.8 Å². The van der Waals surface area contributed by atoms with Gasteiger partial charge in [0.05, 0.1) is 4.99 Å². The minimum absolute atomic E-state index is 0.785. The molecular formula is C13H16ClNS. The number of nitrogens with zero attached hydrogens (tertiary/aromatic N) is 1. The fourth-order valence-corrected chi connectivity index (χ4v) is 2.51. The normalized spacial score (nSPS) is 16.2. The zero-order valence-corrected chi connectivity index (χ0v) is 10.9. The maximum atomic E-state index is 5.85. The second kappa shape index (κ2) is 5.65. The van der Waals surface area contributed by atoms with E-state index in [0.29, 0.717) is 0 Å². The molecule has 0 bridgehead atoms. The van der Waals surface area contributed by atoms with Crippen LogP contribution in [0.15, 0.2) is 24.3 Å². The Morgan fingerprint density at radius 1 is 1.12 bits per heavy atom. The average Bonchev–Trinajstić information content (AvgIpc) is 2.33. The number of rotatable bonds is 2. The summed E-state index contributed by atoms with van der Waals surface area (Å²) in [5.74, 6) is 0. The van der Waals surface area contributed by atoms with Crippen LogP contribution in [0, 0.1) is 0 Å². The van der Waals surface area contributed by atoms with Crippen LogP contribution in [0.3, 0.4) is 0 Å². The minimum atomic E-state index is 0.785. The van der Waals surface area contributed by atoms with Crippen molar-refractivity contribution in [2.45, 2.75) is 25.7 Å². The van der Waals surface area contributed by atoms with Crippen LogP contribution in [0.1, 0.15) is 24.8 Å². The summed E-state index contributed by atoms with van der Waals surface area (Å²) in [6.07, 6.45) is 4.77. The average molecular weight is 254 g/mol. The van der Waals surface area contributed by atoms with Gasteiger partial charge in [-0.1, -0.05) is 36.0 Å². The van der Waals surface area contributed by atoms with Crippen molar-refractivity contribution in [3.63, 3.8) is 0 Å². The smallest absolute Gasteiger partial charge is 0.0823 e. The Balaban J connectivity index is 1.93. The number of benzene rings is 1. The van der Waals surface area contributed by atoms with Crippen molar-refractivity contribution in [1.29, 1.82) is 0 Å². The standard InChI is InChI=1S/C13H16ClNS/c14-12-6-4-11(5-7-12)10-13(16)15-8-2-1-3-9-15/h4-7H,1-3,8-10H2. The Morgan fingerprint density at radius 3 is 2.38 bits per heavy atom. The second-order valence-corrected chi connectivity index (χ2v) is 5.15. The predicted octanol–water partition coefficient (Wildman–Crippen LogP) is 3.70. The molecule has 1 nitrogen and oxygen atoms in total. The van der Waals surface area contributed by atoms with Crippen molar-refractivity contribution in [3.8, 4) is 0 Å². The Kier molecular flexibility index (Phi) is 4.19. The third-order valence-electron chi connectivity index (χ3n) is 2.98. The van der Waals surface area contributed by atoms with Crippen LogP contribution in [0.5, 0.6) is 0 Å². The Morgan fingerprint density at radius 2 is 1.75 bits per heavy atom. The highest BCUT2D eigenvalue weighted by Gasteiger charge is 2.13. The molecule has 1 aliphatic heterocycles. The van der Waals surface area contributed by atoms with Crippen molar-refractivity contribution in [3.05, 3.63) is 34.9 Å². The molecule has 16 heavy (non-hydrogen) atoms. The van der Waals surface area contributed by atoms with Crippen LogP contribution in [0.25, 0.3) is 0 Å². The molecule has 0 radical (unpaired) electrons. The molecule has 2 rings (SSSR count). The molecule has 3 heteroatoms. The molecule has 1 saturated heterocycles. The van der Waals surface area contributed by atoms with E-state index < -0.39 is 0 Å². The molecule has 0 aromatic heterocycles. The predicted molar refractivity (Wildman–Crippen MR) is 73.2 cm³/mol. The number of piperidine rings is 1. The fraction of sp³-hybridized carbons (Fsp3) is 0.462. The SMILES string of the molecule is S=C(Cc1ccc(Cl)cc1)N1CCCCC1. The lowest BCUT2D eigenvalue weighted by Crippen LogP contribution is -2.35. The molecule has 86 valence electrons. The summed E-state index contributed by atoms with van der Waals surface area (Å²) in [5, 5.41) is 0.785. The zero-order valence-electron chi connectivity index (χ0n) is 9.29. The molecule has 0 saturated carbocycles. The van der Waals surface area contributed by atoms with E-state index >= 15 is 0 Å². The summed E-state index contributed by atoms with van der Waals surface area (Å²) in [4.78, 5) is 3.41. The molecule has 0 unspecified atom stereocenters. The summed E-state index contributed by atoms with van der Waals surface area (Å²) in [7, 11) is 0. The summed E-state index contributed by atoms with van der Waals surface area (Å²) in [5.41, 5.74) is 1.25. The third-order valence-corrected chi connectivity index (χ3v) is 3.63. The molecule has 1 aliphatic rings. The second-order valence-electron chi connectivity index (χ2n) is 4.24. The van der Waals surface area contributed by atoms with Crippen LogP contribution < -0.4 is 0 Å². The number of likely N-dealkylation sites (tertiary alicyclic amines) is 1. The summed E-state index contributed by atoms with van der Waals surface area (Å²) < 4.78 is 0. The number of hydrogen-bond donors (Lipinski definition) is 0. The largest absolute Gasteiger partial charge is 0.366 e. The van der Waals surface area contributed by atoms with Gasteiger partial charge in [0.25, 0.3) is 0 Å². The van der Waals surface area contributed by atoms with Gasteiger partial charge in [-0.3, -0.25) is 0 Å². The van der Waals surface area contributed by atoms with Gasteiger partial charge in [-0.25, -0.2) is 0 Å². The van der Waals surface area contributed by atoms with Crippen molar-refractivity contribution in [1.82, 2.24) is 4.90 Å². The number of halogens is 1. The van der Waals surface area contributed by atoms with E-state index in [0.717, 1.165) is 29.5 Å². The van der Waals surface area contributed by atoms with Crippen LogP contribution in [-0.2, 0) is 6.42 Å². The first-order valence-electron chi connectivity index (χ1n) is 5.78. The van der Waals surface area contributed by atoms with Gasteiger partial charge in [-0.05, 0) is 37.0 Å². The van der Waals surface area contributed by atoms with Gasteiger partial charge < -0.3 is 4.90 Å². The van der Waals surface area contributed by atoms with E-state index in [-0.39, 0.29) is 0 Å². The van der Waals surface area contributed by atoms with Gasteiger partial charge in [0, 0.05) is 24.5 Å². The van der Waals surface area contributed by atoms with Crippen LogP contribution in [0.4, 0.5) is 0 Å². The lowest BCUT2D eigenvalue weighted by Gasteiger charge is -2.29. The first-order valence-corrected chi connectivity index (χ1v) is 6.56. The Hall–Kier alpha value is -0.600. The minimum Gasteiger partial charge on any atom is -0.366 e. The molecule has 0 amide bonds. The van der Waals surface area contributed by atoms with Crippen molar-refractivity contribution < 1.29 is 0 Å². The molecule has 0 aliphatic carbocycles. The molecule has 1 heterocycles. The highest BCUT2D eigenvalue weighted by molar-refractivity contribution is 7.80. The van der Waals surface area contributed by atoms with Gasteiger partial charge in [-0.15, -0.1) is 0 Å². The molecular weight excluding hydrogens is 238 g/mol. The summed E-state index contributed by atoms with van der Waals surface area (Å²) in [6, 6.07) is 7.96. The monoisotopic (exact) mass is 253 g/mol. The summed E-state index contributed by atoms with van der Waals surface area (Å²) >= 11 is 11.3. The maximum Gasteiger partial charge on any atom is 0.0823 e. The fourth-order valence-electron chi connectivity index (χ4n) is 2.03. The van der Waals surface area contributed by atoms with E-state index in [1.165, 1.54) is 24.8 Å². The van der Waals surface area contributed by atoms with E-state index in [1.54, 1.807) is 0 Å². The molecule has 1 aromatic rings. The maximum absolute atomic E-state index is 5.85. The van der Waals surface area contributed by atoms with Gasteiger partial charge in [0.15, 0.2) is 0 Å². The Bertz CT molecular complexity index is 355. The molecule has 0 spiro atoms. The molecule has 1 fully saturated rings. The van der Waals surface area contributed by atoms with Crippen LogP contribution >= 0.6 is 23.8 Å². The van der Waals surface area contributed by atoms with Gasteiger partial charge in [0.1, 0.15) is 0 Å². The van der Waals surface area contributed by atoms with Gasteiger partial charge in [-0.2, -0.15) is 0 Å². The first-order chi connectivity index (χ1) is 7.75. The Labute approximate surface area is 107 Å². The highest BCUT2D eigenvalue weighted by atomic mass is 35.5. The molecule has 1 aromatic carbocycles. The number of hydrogen-bond acceptors (Lipinski definition) is 1. The van der Waals surface area contributed by atoms with Gasteiger partial charge >= 0.3 is 0 Å². The zero-order chi connectivity index (χ0) is 11.4. The van der Waals surface area contributed by atoms with Gasteiger partial charge in [0.2, 0.25) is 0 Å². The molecule has 0 N–H and O–H groups in total. The molecule has 0 atom stereocenters. The third kappa shape index (κ3) is 3.19.